The van der Waals surface area contributed by atoms with Crippen LogP contribution in [0, 0.1) is 10.7 Å². The first-order valence-corrected chi connectivity index (χ1v) is 11.6. The Labute approximate surface area is 149 Å². The molecule has 0 aromatic heterocycles. The molecular weight excluding hydrogens is 378 g/mol. The molecule has 0 amide bonds. The third kappa shape index (κ3) is 4.08. The first kappa shape index (κ1) is 16.8. The summed E-state index contributed by atoms with van der Waals surface area (Å²) in [6, 6.07) is 29.5. The predicted molar refractivity (Wildman–Crippen MR) is 104 cm³/mol. The van der Waals surface area contributed by atoms with E-state index in [4.69, 9.17) is 0 Å². The average Bonchev–Trinajstić information content (AvgIpc) is 2.67. The van der Waals surface area contributed by atoms with Gasteiger partial charge in [-0.1, -0.05) is 0 Å². The van der Waals surface area contributed by atoms with Crippen molar-refractivity contribution < 1.29 is 4.57 Å². The normalized spacial score (nSPS) is 10.7. The van der Waals surface area contributed by atoms with E-state index in [1.54, 1.807) is 0 Å². The van der Waals surface area contributed by atoms with Crippen LogP contribution in [0.4, 0.5) is 0 Å². The maximum absolute atomic E-state index is 13.8. The Morgan fingerprint density at radius 3 is 1.67 bits per heavy atom. The molecule has 0 aliphatic heterocycles. The number of benzene rings is 3. The van der Waals surface area contributed by atoms with Crippen LogP contribution >= 0.6 is 7.14 Å². The topological polar surface area (TPSA) is 17.1 Å². The molecule has 1 nitrogen and oxygen atoms in total. The monoisotopic (exact) mass is 396 g/mol. The maximum atomic E-state index is 13.8. The van der Waals surface area contributed by atoms with Gasteiger partial charge < -0.3 is 0 Å². The summed E-state index contributed by atoms with van der Waals surface area (Å²) in [7, 11) is -2.62. The van der Waals surface area contributed by atoms with Crippen LogP contribution in [0.1, 0.15) is 5.56 Å². The fourth-order valence-electron chi connectivity index (χ4n) is 2.38. The Balaban J connectivity index is 1.85. The zero-order chi connectivity index (χ0) is 16.7. The summed E-state index contributed by atoms with van der Waals surface area (Å²) >= 11 is -0.00292. The molecule has 3 rings (SSSR count). The fraction of sp³-hybridized carbons (Fsp3) is 0.0476. The van der Waals surface area contributed by atoms with Crippen LogP contribution in [0.15, 0.2) is 91.0 Å². The molecule has 0 saturated carbocycles. The molecule has 0 unspecified atom stereocenters. The molecule has 0 saturated heterocycles. The second-order valence-electron chi connectivity index (χ2n) is 5.28. The Kier molecular flexibility index (Phi) is 5.73. The van der Waals surface area contributed by atoms with Crippen molar-refractivity contribution in [2.24, 2.45) is 0 Å². The Morgan fingerprint density at radius 2 is 1.17 bits per heavy atom. The minimum atomic E-state index is -2.62. The summed E-state index contributed by atoms with van der Waals surface area (Å²) in [5.41, 5.74) is 1.01. The summed E-state index contributed by atoms with van der Waals surface area (Å²) in [5.74, 6) is 3.18. The van der Waals surface area contributed by atoms with Crippen LogP contribution in [0.25, 0.3) is 0 Å². The average molecular weight is 395 g/mol. The van der Waals surface area contributed by atoms with Crippen molar-refractivity contribution in [3.63, 3.8) is 0 Å². The van der Waals surface area contributed by atoms with Crippen molar-refractivity contribution in [1.82, 2.24) is 0 Å². The summed E-state index contributed by atoms with van der Waals surface area (Å²) in [6.45, 7) is 0. The molecule has 0 aliphatic carbocycles. The van der Waals surface area contributed by atoms with Gasteiger partial charge in [0.05, 0.1) is 0 Å². The zero-order valence-electron chi connectivity index (χ0n) is 13.1. The Hall–Kier alpha value is -2.03. The number of hydrogen-bond donors (Lipinski definition) is 0. The van der Waals surface area contributed by atoms with Crippen molar-refractivity contribution in [3.05, 3.63) is 96.6 Å². The Bertz CT molecular complexity index is 837. The molecule has 0 N–H and O–H groups in total. The molecule has 0 aliphatic rings. The van der Waals surface area contributed by atoms with Gasteiger partial charge in [0.15, 0.2) is 0 Å². The third-order valence-corrected chi connectivity index (χ3v) is 10.0. The van der Waals surface area contributed by atoms with Crippen molar-refractivity contribution in [2.45, 2.75) is 0 Å². The van der Waals surface area contributed by atoms with E-state index in [1.165, 1.54) is 0 Å². The van der Waals surface area contributed by atoms with E-state index in [9.17, 15) is 4.57 Å². The van der Waals surface area contributed by atoms with Crippen LogP contribution < -0.4 is 10.6 Å². The summed E-state index contributed by atoms with van der Waals surface area (Å²) in [5, 5.41) is 2.45. The predicted octanol–water partition coefficient (Wildman–Crippen LogP) is 3.67. The molecule has 118 valence electrons. The molecule has 24 heavy (non-hydrogen) atoms. The SMILES string of the molecule is O=P(C[Se]C#Cc1ccccc1)(c1ccccc1)c1ccccc1. The second kappa shape index (κ2) is 8.18. The van der Waals surface area contributed by atoms with E-state index in [0.717, 1.165) is 16.2 Å². The molecule has 3 aromatic rings. The van der Waals surface area contributed by atoms with E-state index >= 15 is 0 Å². The van der Waals surface area contributed by atoms with E-state index < -0.39 is 7.14 Å². The Morgan fingerprint density at radius 1 is 0.708 bits per heavy atom. The number of rotatable bonds is 4. The van der Waals surface area contributed by atoms with Crippen LogP contribution in [-0.4, -0.2) is 20.0 Å². The summed E-state index contributed by atoms with van der Waals surface area (Å²) in [6.07, 6.45) is 0. The molecule has 0 heterocycles. The summed E-state index contributed by atoms with van der Waals surface area (Å²) in [4.78, 5) is 3.24. The van der Waals surface area contributed by atoms with Gasteiger partial charge in [-0.3, -0.25) is 0 Å². The molecular formula is C21H17OPSe. The minimum absolute atomic E-state index is 0.00292. The standard InChI is InChI=1S/C21H17OPSe/c22-23(20-12-6-2-7-13-20,21-14-8-3-9-15-21)18-24-17-16-19-10-4-1-5-11-19/h1-15H,18H2. The quantitative estimate of drug-likeness (QED) is 0.374. The molecule has 0 atom stereocenters. The van der Waals surface area contributed by atoms with Crippen LogP contribution in [0.5, 0.6) is 0 Å². The second-order valence-corrected chi connectivity index (χ2v) is 10.7. The fourth-order valence-corrected chi connectivity index (χ4v) is 8.35. The van der Waals surface area contributed by atoms with E-state index in [-0.39, 0.29) is 15.0 Å². The van der Waals surface area contributed by atoms with Crippen molar-refractivity contribution in [3.8, 4) is 10.7 Å². The first-order chi connectivity index (χ1) is 11.8. The molecule has 0 bridgehead atoms. The van der Waals surface area contributed by atoms with Crippen LogP contribution in [0.2, 0.25) is 0 Å². The van der Waals surface area contributed by atoms with Gasteiger partial charge in [0.2, 0.25) is 0 Å². The van der Waals surface area contributed by atoms with Gasteiger partial charge in [-0.15, -0.1) is 0 Å². The van der Waals surface area contributed by atoms with E-state index in [0.29, 0.717) is 5.06 Å². The third-order valence-electron chi connectivity index (χ3n) is 3.63. The van der Waals surface area contributed by atoms with Crippen LogP contribution in [-0.2, 0) is 4.57 Å². The van der Waals surface area contributed by atoms with Crippen LogP contribution in [0.3, 0.4) is 0 Å². The van der Waals surface area contributed by atoms with Crippen molar-refractivity contribution in [1.29, 1.82) is 0 Å². The van der Waals surface area contributed by atoms with Gasteiger partial charge >= 0.3 is 150 Å². The first-order valence-electron chi connectivity index (χ1n) is 7.67. The van der Waals surface area contributed by atoms with Gasteiger partial charge in [0.1, 0.15) is 0 Å². The van der Waals surface area contributed by atoms with Gasteiger partial charge in [0.25, 0.3) is 0 Å². The van der Waals surface area contributed by atoms with Crippen molar-refractivity contribution in [2.75, 3.05) is 5.06 Å². The van der Waals surface area contributed by atoms with E-state index in [2.05, 4.69) is 10.7 Å². The van der Waals surface area contributed by atoms with Crippen molar-refractivity contribution >= 4 is 32.7 Å². The molecule has 3 aromatic carbocycles. The van der Waals surface area contributed by atoms with Gasteiger partial charge in [-0.25, -0.2) is 0 Å². The molecule has 0 spiro atoms. The van der Waals surface area contributed by atoms with E-state index in [1.807, 2.05) is 91.0 Å². The molecule has 0 radical (unpaired) electrons. The van der Waals surface area contributed by atoms with Gasteiger partial charge in [0, 0.05) is 0 Å². The molecule has 3 heteroatoms. The molecule has 0 fully saturated rings. The van der Waals surface area contributed by atoms with Gasteiger partial charge in [-0.2, -0.15) is 0 Å². The zero-order valence-corrected chi connectivity index (χ0v) is 15.7. The number of hydrogen-bond acceptors (Lipinski definition) is 1. The summed E-state index contributed by atoms with van der Waals surface area (Å²) < 4.78 is 13.8. The van der Waals surface area contributed by atoms with Gasteiger partial charge in [-0.05, 0) is 0 Å².